The maximum atomic E-state index is 11.3. The van der Waals surface area contributed by atoms with Crippen LogP contribution in [0.25, 0.3) is 0 Å². The number of aliphatic hydroxyl groups excluding tert-OH is 1. The van der Waals surface area contributed by atoms with Crippen molar-refractivity contribution in [3.8, 4) is 0 Å². The lowest BCUT2D eigenvalue weighted by Gasteiger charge is -2.58. The van der Waals surface area contributed by atoms with Gasteiger partial charge in [0.25, 0.3) is 0 Å². The molecule has 0 aromatic rings. The predicted molar refractivity (Wildman–Crippen MR) is 124 cm³/mol. The van der Waals surface area contributed by atoms with Crippen molar-refractivity contribution < 1.29 is 5.11 Å². The highest BCUT2D eigenvalue weighted by Crippen LogP contribution is 2.67. The molecule has 4 aliphatic rings. The first kappa shape index (κ1) is 21.9. The molecule has 0 saturated heterocycles. The Balaban J connectivity index is 1.53. The van der Waals surface area contributed by atoms with E-state index in [1.165, 1.54) is 57.8 Å². The normalized spacial score (nSPS) is 47.9. The van der Waals surface area contributed by atoms with Crippen LogP contribution in [0.5, 0.6) is 0 Å². The van der Waals surface area contributed by atoms with Crippen LogP contribution in [-0.4, -0.2) is 11.2 Å². The number of fused-ring (bicyclic) bond motifs is 5. The molecule has 1 heteroatoms. The van der Waals surface area contributed by atoms with Gasteiger partial charge in [0.05, 0.1) is 6.10 Å². The molecule has 1 N–H and O–H groups in total. The molecule has 1 nitrogen and oxygen atoms in total. The molecular weight excluding hydrogens is 352 g/mol. The highest BCUT2D eigenvalue weighted by molar-refractivity contribution is 5.25. The van der Waals surface area contributed by atoms with E-state index in [4.69, 9.17) is 0 Å². The fourth-order valence-corrected chi connectivity index (χ4v) is 8.95. The van der Waals surface area contributed by atoms with E-state index in [0.29, 0.717) is 22.7 Å². The predicted octanol–water partition coefficient (Wildman–Crippen LogP) is 7.63. The molecule has 0 radical (unpaired) electrons. The van der Waals surface area contributed by atoms with Gasteiger partial charge in [0.15, 0.2) is 0 Å². The van der Waals surface area contributed by atoms with Gasteiger partial charge in [-0.25, -0.2) is 0 Å². The third kappa shape index (κ3) is 3.66. The molecule has 0 unspecified atom stereocenters. The van der Waals surface area contributed by atoms with Crippen LogP contribution >= 0.6 is 0 Å². The van der Waals surface area contributed by atoms with E-state index >= 15 is 0 Å². The summed E-state index contributed by atoms with van der Waals surface area (Å²) < 4.78 is 0. The van der Waals surface area contributed by atoms with E-state index in [2.05, 4.69) is 47.6 Å². The number of aliphatic hydroxyl groups is 1. The van der Waals surface area contributed by atoms with Gasteiger partial charge in [-0.2, -0.15) is 0 Å². The molecule has 3 fully saturated rings. The lowest BCUT2D eigenvalue weighted by Crippen LogP contribution is -2.50. The van der Waals surface area contributed by atoms with E-state index in [9.17, 15) is 5.11 Å². The third-order valence-corrected chi connectivity index (χ3v) is 10.5. The van der Waals surface area contributed by atoms with E-state index in [1.54, 1.807) is 5.57 Å². The van der Waals surface area contributed by atoms with Gasteiger partial charge in [-0.05, 0) is 97.2 Å². The molecule has 4 aliphatic carbocycles. The van der Waals surface area contributed by atoms with Crippen molar-refractivity contribution >= 4 is 0 Å². The van der Waals surface area contributed by atoms with Crippen LogP contribution in [0.3, 0.4) is 0 Å². The second-order valence-electron chi connectivity index (χ2n) is 12.8. The van der Waals surface area contributed by atoms with Gasteiger partial charge < -0.3 is 5.11 Å². The Bertz CT molecular complexity index is 620. The molecule has 0 bridgehead atoms. The number of allylic oxidation sites excluding steroid dienone is 2. The van der Waals surface area contributed by atoms with Crippen molar-refractivity contribution in [3.63, 3.8) is 0 Å². The van der Waals surface area contributed by atoms with Gasteiger partial charge in [0, 0.05) is 0 Å². The summed E-state index contributed by atoms with van der Waals surface area (Å²) in [6.45, 7) is 14.8. The number of hydrogen-bond donors (Lipinski definition) is 1. The summed E-state index contributed by atoms with van der Waals surface area (Å²) in [7, 11) is 0. The van der Waals surface area contributed by atoms with Gasteiger partial charge in [0.2, 0.25) is 0 Å². The molecule has 29 heavy (non-hydrogen) atoms. The van der Waals surface area contributed by atoms with Crippen molar-refractivity contribution in [2.75, 3.05) is 0 Å². The zero-order valence-electron chi connectivity index (χ0n) is 20.2. The Labute approximate surface area is 181 Å². The summed E-state index contributed by atoms with van der Waals surface area (Å²) in [4.78, 5) is 0. The van der Waals surface area contributed by atoms with Gasteiger partial charge in [-0.1, -0.05) is 72.5 Å². The minimum Gasteiger partial charge on any atom is -0.393 e. The summed E-state index contributed by atoms with van der Waals surface area (Å²) in [5, 5.41) is 11.3. The molecule has 166 valence electrons. The summed E-state index contributed by atoms with van der Waals surface area (Å²) in [5.74, 6) is 5.29. The topological polar surface area (TPSA) is 20.2 Å². The molecule has 0 heterocycles. The maximum Gasteiger partial charge on any atom is 0.0579 e. The SMILES string of the molecule is CC(C)CCC[C@@H](C)[C@H]1[C@@H](O)C[C@H]2[C@@H]3CC=C4C[C@@H](C)CC[C@]4(C)[C@H]3CC[C@]12C. The molecule has 0 aliphatic heterocycles. The van der Waals surface area contributed by atoms with Crippen LogP contribution in [-0.2, 0) is 0 Å². The highest BCUT2D eigenvalue weighted by Gasteiger charge is 2.61. The third-order valence-electron chi connectivity index (χ3n) is 10.5. The van der Waals surface area contributed by atoms with Crippen LogP contribution in [0.4, 0.5) is 0 Å². The summed E-state index contributed by atoms with van der Waals surface area (Å²) in [5.41, 5.74) is 2.63. The fraction of sp³-hybridized carbons (Fsp3) is 0.929. The number of rotatable bonds is 5. The largest absolute Gasteiger partial charge is 0.393 e. The molecule has 9 atom stereocenters. The Kier molecular flexibility index (Phi) is 6.04. The molecule has 3 saturated carbocycles. The maximum absolute atomic E-state index is 11.3. The summed E-state index contributed by atoms with van der Waals surface area (Å²) in [6.07, 6.45) is 15.9. The summed E-state index contributed by atoms with van der Waals surface area (Å²) >= 11 is 0. The van der Waals surface area contributed by atoms with Crippen LogP contribution in [0.15, 0.2) is 11.6 Å². The monoisotopic (exact) mass is 400 g/mol. The Hall–Kier alpha value is -0.300. The quantitative estimate of drug-likeness (QED) is 0.470. The van der Waals surface area contributed by atoms with Crippen LogP contribution in [0.2, 0.25) is 0 Å². The van der Waals surface area contributed by atoms with E-state index in [0.717, 1.165) is 36.0 Å². The van der Waals surface area contributed by atoms with Gasteiger partial charge in [0.1, 0.15) is 0 Å². The lowest BCUT2D eigenvalue weighted by atomic mass is 9.46. The van der Waals surface area contributed by atoms with E-state index in [-0.39, 0.29) is 6.10 Å². The Morgan fingerprint density at radius 3 is 2.55 bits per heavy atom. The zero-order chi connectivity index (χ0) is 21.0. The van der Waals surface area contributed by atoms with Crippen molar-refractivity contribution in [2.24, 2.45) is 52.3 Å². The molecule has 0 aromatic heterocycles. The molecule has 0 spiro atoms. The van der Waals surface area contributed by atoms with Crippen LogP contribution in [0.1, 0.15) is 106 Å². The second kappa shape index (κ2) is 7.99. The first-order chi connectivity index (χ1) is 13.7. The standard InChI is InChI=1S/C28H48O/c1-18(2)8-7-9-20(4)26-25(29)17-24-22-11-10-21-16-19(3)12-14-27(21,5)23(22)13-15-28(24,26)6/h10,18-20,22-26,29H,7-9,11-17H2,1-6H3/t19-,20+,22+,23-,24-,25-,26-,27-,28-/m0/s1. The Morgan fingerprint density at radius 1 is 1.07 bits per heavy atom. The highest BCUT2D eigenvalue weighted by atomic mass is 16.3. The Morgan fingerprint density at radius 2 is 1.83 bits per heavy atom. The smallest absolute Gasteiger partial charge is 0.0579 e. The van der Waals surface area contributed by atoms with E-state index < -0.39 is 0 Å². The minimum atomic E-state index is -0.0673. The van der Waals surface area contributed by atoms with Crippen LogP contribution in [0, 0.1) is 52.3 Å². The van der Waals surface area contributed by atoms with Crippen LogP contribution < -0.4 is 0 Å². The first-order valence-electron chi connectivity index (χ1n) is 13.0. The van der Waals surface area contributed by atoms with Crippen molar-refractivity contribution in [1.82, 2.24) is 0 Å². The second-order valence-corrected chi connectivity index (χ2v) is 12.8. The lowest BCUT2D eigenvalue weighted by molar-refractivity contribution is -0.0577. The van der Waals surface area contributed by atoms with Gasteiger partial charge in [-0.3, -0.25) is 0 Å². The number of hydrogen-bond acceptors (Lipinski definition) is 1. The fourth-order valence-electron chi connectivity index (χ4n) is 8.95. The minimum absolute atomic E-state index is 0.0673. The first-order valence-corrected chi connectivity index (χ1v) is 13.0. The molecule has 0 amide bonds. The van der Waals surface area contributed by atoms with Crippen molar-refractivity contribution in [2.45, 2.75) is 112 Å². The van der Waals surface area contributed by atoms with Crippen molar-refractivity contribution in [3.05, 3.63) is 11.6 Å². The molecule has 0 aromatic carbocycles. The van der Waals surface area contributed by atoms with Gasteiger partial charge >= 0.3 is 0 Å². The van der Waals surface area contributed by atoms with E-state index in [1.807, 2.05) is 0 Å². The van der Waals surface area contributed by atoms with Crippen molar-refractivity contribution in [1.29, 1.82) is 0 Å². The molecule has 4 rings (SSSR count). The molecular formula is C28H48O. The average molecular weight is 401 g/mol. The summed E-state index contributed by atoms with van der Waals surface area (Å²) in [6, 6.07) is 0. The average Bonchev–Trinajstić information content (AvgIpc) is 2.92. The van der Waals surface area contributed by atoms with Gasteiger partial charge in [-0.15, -0.1) is 0 Å². The zero-order valence-corrected chi connectivity index (χ0v) is 20.2.